The Balaban J connectivity index is 1.68. The van der Waals surface area contributed by atoms with E-state index < -0.39 is 11.8 Å². The molecule has 37 heavy (non-hydrogen) atoms. The number of anilines is 1. The molecule has 6 nitrogen and oxygen atoms in total. The fourth-order valence-electron chi connectivity index (χ4n) is 4.68. The predicted molar refractivity (Wildman–Crippen MR) is 150 cm³/mol. The second kappa shape index (κ2) is 10.0. The van der Waals surface area contributed by atoms with E-state index in [1.165, 1.54) is 9.69 Å². The SMILES string of the molecule is CC1=NN(c2ccc(Cl)cc2)C(=O)[C@@H]1[C@@H](c1ccc(Cl)cc1Cl)c1c(C)[nH]n(-c2ccc(Cl)cc2)c1=O. The molecule has 0 saturated carbocycles. The number of carbonyl (C=O) groups is 1. The summed E-state index contributed by atoms with van der Waals surface area (Å²) in [6, 6.07) is 18.8. The van der Waals surface area contributed by atoms with Gasteiger partial charge in [0.2, 0.25) is 0 Å². The molecule has 3 aromatic carbocycles. The van der Waals surface area contributed by atoms with Crippen molar-refractivity contribution in [2.24, 2.45) is 11.0 Å². The average molecular weight is 574 g/mol. The lowest BCUT2D eigenvalue weighted by Crippen LogP contribution is -2.34. The monoisotopic (exact) mass is 572 g/mol. The van der Waals surface area contributed by atoms with Crippen LogP contribution in [0.3, 0.4) is 0 Å². The molecule has 1 aliphatic rings. The zero-order valence-electron chi connectivity index (χ0n) is 19.7. The van der Waals surface area contributed by atoms with Gasteiger partial charge in [-0.15, -0.1) is 0 Å². The first-order valence-electron chi connectivity index (χ1n) is 11.3. The second-order valence-electron chi connectivity index (χ2n) is 8.76. The Morgan fingerprint density at radius 3 is 1.97 bits per heavy atom. The van der Waals surface area contributed by atoms with Gasteiger partial charge in [-0.25, -0.2) is 9.69 Å². The van der Waals surface area contributed by atoms with E-state index in [2.05, 4.69) is 10.2 Å². The van der Waals surface area contributed by atoms with Gasteiger partial charge in [0, 0.05) is 43.0 Å². The summed E-state index contributed by atoms with van der Waals surface area (Å²) < 4.78 is 1.43. The predicted octanol–water partition coefficient (Wildman–Crippen LogP) is 7.26. The minimum atomic E-state index is -0.782. The number of benzene rings is 3. The topological polar surface area (TPSA) is 70.5 Å². The molecule has 5 rings (SSSR count). The first kappa shape index (κ1) is 25.6. The maximum absolute atomic E-state index is 13.9. The average Bonchev–Trinajstić information content (AvgIpc) is 3.32. The molecule has 2 heterocycles. The highest BCUT2D eigenvalue weighted by molar-refractivity contribution is 6.35. The lowest BCUT2D eigenvalue weighted by molar-refractivity contribution is -0.120. The minimum absolute atomic E-state index is 0.283. The maximum atomic E-state index is 13.9. The van der Waals surface area contributed by atoms with Gasteiger partial charge in [-0.05, 0) is 80.1 Å². The third-order valence-electron chi connectivity index (χ3n) is 6.40. The van der Waals surface area contributed by atoms with Crippen LogP contribution in [0.25, 0.3) is 5.69 Å². The highest BCUT2D eigenvalue weighted by atomic mass is 35.5. The fourth-order valence-corrected chi connectivity index (χ4v) is 5.46. The number of rotatable bonds is 5. The molecular weight excluding hydrogens is 554 g/mol. The third-order valence-corrected chi connectivity index (χ3v) is 7.46. The van der Waals surface area contributed by atoms with Crippen LogP contribution in [0, 0.1) is 12.8 Å². The molecule has 0 saturated heterocycles. The fraction of sp³-hybridized carbons (Fsp3) is 0.148. The van der Waals surface area contributed by atoms with E-state index in [0.29, 0.717) is 54.0 Å². The van der Waals surface area contributed by atoms with E-state index in [-0.39, 0.29) is 11.5 Å². The van der Waals surface area contributed by atoms with Crippen molar-refractivity contribution in [2.45, 2.75) is 19.8 Å². The first-order valence-corrected chi connectivity index (χ1v) is 12.8. The van der Waals surface area contributed by atoms with Crippen LogP contribution in [0.5, 0.6) is 0 Å². The van der Waals surface area contributed by atoms with Gasteiger partial charge in [-0.3, -0.25) is 14.7 Å². The standard InChI is InChI=1S/C27H20Cl4N4O2/c1-14-23(26(36)34(32-14)19-8-3-16(28)4-9-19)25(21-12-7-18(30)13-22(21)31)24-15(2)33-35(27(24)37)20-10-5-17(29)6-11-20/h3-13,23,25,33H,1-2H3/t23-,25+/m0/s1. The zero-order valence-corrected chi connectivity index (χ0v) is 22.7. The number of H-pyrrole nitrogens is 1. The molecule has 10 heteroatoms. The van der Waals surface area contributed by atoms with Crippen molar-refractivity contribution >= 4 is 63.7 Å². The van der Waals surface area contributed by atoms with Gasteiger partial charge in [0.15, 0.2) is 0 Å². The van der Waals surface area contributed by atoms with Gasteiger partial charge in [-0.2, -0.15) is 5.10 Å². The molecule has 1 aromatic heterocycles. The first-order chi connectivity index (χ1) is 17.7. The summed E-state index contributed by atoms with van der Waals surface area (Å²) in [6.07, 6.45) is 0. The van der Waals surface area contributed by atoms with E-state index in [4.69, 9.17) is 46.4 Å². The Morgan fingerprint density at radius 1 is 0.811 bits per heavy atom. The molecule has 1 aliphatic heterocycles. The zero-order chi connectivity index (χ0) is 26.4. The van der Waals surface area contributed by atoms with Crippen LogP contribution < -0.4 is 10.6 Å². The molecule has 0 spiro atoms. The quantitative estimate of drug-likeness (QED) is 0.273. The Labute approximate surface area is 233 Å². The van der Waals surface area contributed by atoms with Gasteiger partial charge in [0.05, 0.1) is 17.3 Å². The Kier molecular flexibility index (Phi) is 6.94. The summed E-state index contributed by atoms with van der Waals surface area (Å²) in [7, 11) is 0. The number of aromatic nitrogens is 2. The minimum Gasteiger partial charge on any atom is -0.295 e. The molecule has 1 N–H and O–H groups in total. The van der Waals surface area contributed by atoms with Crippen LogP contribution in [-0.4, -0.2) is 21.4 Å². The number of hydrogen-bond donors (Lipinski definition) is 1. The van der Waals surface area contributed by atoms with Crippen molar-refractivity contribution in [3.8, 4) is 5.69 Å². The summed E-state index contributed by atoms with van der Waals surface area (Å²) in [6.45, 7) is 3.57. The van der Waals surface area contributed by atoms with Gasteiger partial charge in [-0.1, -0.05) is 52.5 Å². The van der Waals surface area contributed by atoms with Crippen molar-refractivity contribution < 1.29 is 4.79 Å². The summed E-state index contributed by atoms with van der Waals surface area (Å²) in [5.74, 6) is -1.79. The number of halogens is 4. The smallest absolute Gasteiger partial charge is 0.275 e. The van der Waals surface area contributed by atoms with Crippen LogP contribution in [-0.2, 0) is 4.79 Å². The summed E-state index contributed by atoms with van der Waals surface area (Å²) in [5, 5.41) is 10.9. The van der Waals surface area contributed by atoms with E-state index in [1.54, 1.807) is 80.6 Å². The maximum Gasteiger partial charge on any atom is 0.275 e. The van der Waals surface area contributed by atoms with Crippen molar-refractivity contribution in [1.82, 2.24) is 9.78 Å². The van der Waals surface area contributed by atoms with Crippen LogP contribution >= 0.6 is 46.4 Å². The van der Waals surface area contributed by atoms with Crippen LogP contribution in [0.2, 0.25) is 20.1 Å². The second-order valence-corrected chi connectivity index (χ2v) is 10.5. The molecule has 0 aliphatic carbocycles. The van der Waals surface area contributed by atoms with E-state index in [9.17, 15) is 9.59 Å². The van der Waals surface area contributed by atoms with E-state index in [0.717, 1.165) is 0 Å². The largest absolute Gasteiger partial charge is 0.295 e. The molecule has 4 aromatic rings. The van der Waals surface area contributed by atoms with Gasteiger partial charge < -0.3 is 0 Å². The van der Waals surface area contributed by atoms with E-state index in [1.807, 2.05) is 0 Å². The number of carbonyl (C=O) groups excluding carboxylic acids is 1. The molecule has 0 radical (unpaired) electrons. The Hall–Kier alpha value is -3.03. The Bertz CT molecular complexity index is 1590. The van der Waals surface area contributed by atoms with Crippen LogP contribution in [0.4, 0.5) is 5.69 Å². The summed E-state index contributed by atoms with van der Waals surface area (Å²) in [5.41, 5.74) is 3.03. The van der Waals surface area contributed by atoms with Gasteiger partial charge in [0.1, 0.15) is 0 Å². The van der Waals surface area contributed by atoms with Crippen LogP contribution in [0.1, 0.15) is 29.7 Å². The molecule has 188 valence electrons. The summed E-state index contributed by atoms with van der Waals surface area (Å²) in [4.78, 5) is 27.8. The van der Waals surface area contributed by atoms with Crippen molar-refractivity contribution in [3.63, 3.8) is 0 Å². The summed E-state index contributed by atoms with van der Waals surface area (Å²) >= 11 is 24.9. The molecule has 0 bridgehead atoms. The number of hydrogen-bond acceptors (Lipinski definition) is 3. The van der Waals surface area contributed by atoms with Crippen molar-refractivity contribution in [2.75, 3.05) is 5.01 Å². The van der Waals surface area contributed by atoms with Crippen LogP contribution in [0.15, 0.2) is 76.6 Å². The lowest BCUT2D eigenvalue weighted by Gasteiger charge is -2.24. The molecule has 0 fully saturated rings. The number of amides is 1. The molecule has 2 atom stereocenters. The third kappa shape index (κ3) is 4.71. The van der Waals surface area contributed by atoms with Gasteiger partial charge >= 0.3 is 0 Å². The van der Waals surface area contributed by atoms with E-state index >= 15 is 0 Å². The molecule has 1 amide bonds. The molecular formula is C27H20Cl4N4O2. The number of nitrogens with one attached hydrogen (secondary N) is 1. The lowest BCUT2D eigenvalue weighted by atomic mass is 9.78. The molecule has 0 unspecified atom stereocenters. The highest BCUT2D eigenvalue weighted by Gasteiger charge is 2.44. The number of aromatic amines is 1. The van der Waals surface area contributed by atoms with Crippen molar-refractivity contribution in [1.29, 1.82) is 0 Å². The van der Waals surface area contributed by atoms with Gasteiger partial charge in [0.25, 0.3) is 11.5 Å². The van der Waals surface area contributed by atoms with Crippen molar-refractivity contribution in [3.05, 3.63) is 114 Å². The normalized spacial score (nSPS) is 16.3. The highest BCUT2D eigenvalue weighted by Crippen LogP contribution is 2.41. The Morgan fingerprint density at radius 2 is 1.38 bits per heavy atom. The number of aryl methyl sites for hydroxylation is 1. The number of hydrazone groups is 1. The number of nitrogens with zero attached hydrogens (tertiary/aromatic N) is 3.